The van der Waals surface area contributed by atoms with Crippen molar-refractivity contribution in [3.63, 3.8) is 0 Å². The number of anilines is 1. The molecule has 1 fully saturated rings. The van der Waals surface area contributed by atoms with Crippen LogP contribution in [-0.4, -0.2) is 74.0 Å². The Kier molecular flexibility index (Phi) is 9.31. The highest BCUT2D eigenvalue weighted by Crippen LogP contribution is 2.40. The van der Waals surface area contributed by atoms with Gasteiger partial charge in [-0.3, -0.25) is 19.3 Å². The summed E-state index contributed by atoms with van der Waals surface area (Å²) in [6, 6.07) is 2.28. The molecule has 14 nitrogen and oxygen atoms in total. The van der Waals surface area contributed by atoms with Gasteiger partial charge in [-0.1, -0.05) is 18.5 Å². The van der Waals surface area contributed by atoms with Gasteiger partial charge in [0.2, 0.25) is 11.5 Å². The summed E-state index contributed by atoms with van der Waals surface area (Å²) >= 11 is 2.18. The second-order valence-corrected chi connectivity index (χ2v) is 10.7. The Labute approximate surface area is 237 Å². The second-order valence-electron chi connectivity index (χ2n) is 8.78. The molecule has 0 saturated carbocycles. The van der Waals surface area contributed by atoms with E-state index in [1.165, 1.54) is 11.8 Å². The van der Waals surface area contributed by atoms with Crippen LogP contribution in [0.1, 0.15) is 42.9 Å². The summed E-state index contributed by atoms with van der Waals surface area (Å²) in [5.41, 5.74) is 6.08. The maximum absolute atomic E-state index is 13.1. The number of nitrogens with one attached hydrogen (secondary N) is 2. The Balaban J connectivity index is 1.46. The van der Waals surface area contributed by atoms with Crippen molar-refractivity contribution in [2.75, 3.05) is 24.6 Å². The molecular weight excluding hydrogens is 560 g/mol. The minimum Gasteiger partial charge on any atom is -0.543 e. The van der Waals surface area contributed by atoms with Crippen molar-refractivity contribution in [1.82, 2.24) is 24.9 Å². The summed E-state index contributed by atoms with van der Waals surface area (Å²) in [5, 5.41) is 20.8. The maximum atomic E-state index is 13.1. The number of hydrogen-bond donors (Lipinski definition) is 3. The molecule has 2 aliphatic rings. The highest BCUT2D eigenvalue weighted by atomic mass is 32.2. The van der Waals surface area contributed by atoms with Gasteiger partial charge in [0.25, 0.3) is 17.7 Å². The predicted molar refractivity (Wildman–Crippen MR) is 143 cm³/mol. The topological polar surface area (TPSA) is 196 Å². The van der Waals surface area contributed by atoms with E-state index in [4.69, 9.17) is 10.6 Å². The third-order valence-corrected chi connectivity index (χ3v) is 7.91. The lowest BCUT2D eigenvalue weighted by Crippen LogP contribution is -2.71. The predicted octanol–water partition coefficient (Wildman–Crippen LogP) is -1.22. The van der Waals surface area contributed by atoms with Crippen molar-refractivity contribution in [2.45, 2.75) is 44.6 Å². The lowest BCUT2D eigenvalue weighted by molar-refractivity contribution is -0.689. The first-order valence-electron chi connectivity index (χ1n) is 12.5. The molecule has 2 aromatic heterocycles. The Morgan fingerprint density at radius 1 is 1.30 bits per heavy atom. The number of carboxylic acid groups (broad SMARTS) is 1. The van der Waals surface area contributed by atoms with Gasteiger partial charge in [0.1, 0.15) is 18.0 Å². The van der Waals surface area contributed by atoms with Crippen molar-refractivity contribution in [1.29, 1.82) is 0 Å². The monoisotopic (exact) mass is 588 g/mol. The minimum absolute atomic E-state index is 0.0486. The van der Waals surface area contributed by atoms with E-state index in [0.717, 1.165) is 29.3 Å². The number of thioether (sulfide) groups is 1. The van der Waals surface area contributed by atoms with E-state index in [-0.39, 0.29) is 47.2 Å². The zero-order chi connectivity index (χ0) is 28.8. The molecule has 1 unspecified atom stereocenters. The van der Waals surface area contributed by atoms with Gasteiger partial charge in [-0.2, -0.15) is 9.36 Å². The fourth-order valence-corrected chi connectivity index (χ4v) is 5.83. The van der Waals surface area contributed by atoms with Gasteiger partial charge in [0.15, 0.2) is 24.1 Å². The lowest BCUT2D eigenvalue weighted by atomic mass is 10.0. The van der Waals surface area contributed by atoms with Crippen molar-refractivity contribution < 1.29 is 33.7 Å². The quantitative estimate of drug-likeness (QED) is 0.0889. The van der Waals surface area contributed by atoms with E-state index in [2.05, 4.69) is 25.1 Å². The van der Waals surface area contributed by atoms with E-state index in [0.29, 0.717) is 17.7 Å². The fourth-order valence-electron chi connectivity index (χ4n) is 4.06. The minimum atomic E-state index is -1.49. The molecule has 4 N–H and O–H groups in total. The average molecular weight is 589 g/mol. The molecule has 212 valence electrons. The summed E-state index contributed by atoms with van der Waals surface area (Å²) in [6.45, 7) is 4.66. The Bertz CT molecular complexity index is 1360. The number of fused-ring (bicyclic) bond motifs is 1. The molecule has 2 atom stereocenters. The Morgan fingerprint density at radius 2 is 2.05 bits per heavy atom. The number of oxime groups is 1. The second kappa shape index (κ2) is 12.9. The molecule has 0 spiro atoms. The van der Waals surface area contributed by atoms with Gasteiger partial charge in [0, 0.05) is 41.5 Å². The zero-order valence-corrected chi connectivity index (χ0v) is 23.4. The van der Waals surface area contributed by atoms with Gasteiger partial charge < -0.3 is 31.1 Å². The first kappa shape index (κ1) is 28.9. The molecule has 1 saturated heterocycles. The largest absolute Gasteiger partial charge is 0.543 e. The van der Waals surface area contributed by atoms with Crippen LogP contribution in [0.2, 0.25) is 0 Å². The molecule has 4 heterocycles. The number of rotatable bonds is 12. The van der Waals surface area contributed by atoms with Crippen LogP contribution in [-0.2, 0) is 25.8 Å². The number of pyridine rings is 1. The number of carboxylic acids is 1. The van der Waals surface area contributed by atoms with Gasteiger partial charge in [-0.15, -0.1) is 11.8 Å². The molecule has 4 rings (SSSR count). The van der Waals surface area contributed by atoms with Crippen LogP contribution < -0.4 is 26.0 Å². The number of nitrogen functional groups attached to an aromatic ring is 1. The van der Waals surface area contributed by atoms with Gasteiger partial charge in [0.05, 0.1) is 17.2 Å². The van der Waals surface area contributed by atoms with Crippen LogP contribution in [0.3, 0.4) is 0 Å². The highest BCUT2D eigenvalue weighted by Gasteiger charge is 2.53. The maximum Gasteiger partial charge on any atom is 0.278 e. The molecule has 2 aromatic rings. The number of nitrogens with zero attached hydrogens (tertiary/aromatic N) is 5. The van der Waals surface area contributed by atoms with E-state index in [1.54, 1.807) is 36.0 Å². The smallest absolute Gasteiger partial charge is 0.278 e. The number of aliphatic carboxylic acids is 1. The summed E-state index contributed by atoms with van der Waals surface area (Å²) in [4.78, 5) is 60.4. The van der Waals surface area contributed by atoms with E-state index < -0.39 is 29.2 Å². The number of aromatic nitrogens is 3. The number of carbonyl (C=O) groups excluding carboxylic acids is 4. The SMILES string of the molecule is CCCCNC(=O)c1cc[n+](CC2=C(C(=O)[O-])N3C(=O)C(NC(=O)C(=NOCC)c4nsc(N)n4)[C@H]3SC2)cc1. The van der Waals surface area contributed by atoms with Gasteiger partial charge in [-0.25, -0.2) is 4.57 Å². The Morgan fingerprint density at radius 3 is 2.67 bits per heavy atom. The van der Waals surface area contributed by atoms with Gasteiger partial charge in [-0.05, 0) is 13.3 Å². The summed E-state index contributed by atoms with van der Waals surface area (Å²) in [5.74, 6) is -2.81. The molecule has 0 radical (unpaired) electrons. The van der Waals surface area contributed by atoms with Crippen LogP contribution in [0.15, 0.2) is 41.0 Å². The zero-order valence-electron chi connectivity index (χ0n) is 21.8. The first-order chi connectivity index (χ1) is 19.2. The number of amides is 3. The fraction of sp³-hybridized carbons (Fsp3) is 0.417. The van der Waals surface area contributed by atoms with Gasteiger partial charge >= 0.3 is 0 Å². The molecule has 0 bridgehead atoms. The number of hydrogen-bond acceptors (Lipinski definition) is 12. The molecule has 40 heavy (non-hydrogen) atoms. The van der Waals surface area contributed by atoms with Crippen molar-refractivity contribution in [2.24, 2.45) is 5.16 Å². The summed E-state index contributed by atoms with van der Waals surface area (Å²) < 4.78 is 5.69. The van der Waals surface area contributed by atoms with Crippen LogP contribution in [0.25, 0.3) is 0 Å². The number of nitrogens with two attached hydrogens (primary N) is 1. The molecule has 0 aromatic carbocycles. The van der Waals surface area contributed by atoms with E-state index in [1.807, 2.05) is 6.92 Å². The molecule has 2 aliphatic heterocycles. The summed E-state index contributed by atoms with van der Waals surface area (Å²) in [6.07, 6.45) is 5.20. The molecule has 16 heteroatoms. The lowest BCUT2D eigenvalue weighted by Gasteiger charge is -2.50. The van der Waals surface area contributed by atoms with Crippen molar-refractivity contribution in [3.05, 3.63) is 47.2 Å². The normalized spacial score (nSPS) is 18.6. The van der Waals surface area contributed by atoms with Crippen LogP contribution in [0, 0.1) is 0 Å². The van der Waals surface area contributed by atoms with Crippen LogP contribution >= 0.6 is 23.3 Å². The van der Waals surface area contributed by atoms with Crippen molar-refractivity contribution in [3.8, 4) is 0 Å². The van der Waals surface area contributed by atoms with Crippen LogP contribution in [0.5, 0.6) is 0 Å². The van der Waals surface area contributed by atoms with E-state index >= 15 is 0 Å². The Hall–Kier alpha value is -4.05. The first-order valence-corrected chi connectivity index (χ1v) is 14.3. The van der Waals surface area contributed by atoms with Crippen LogP contribution in [0.4, 0.5) is 5.13 Å². The number of β-lactam (4-membered cyclic amide) rings is 1. The third kappa shape index (κ3) is 6.22. The number of unbranched alkanes of at least 4 members (excludes halogenated alkanes) is 1. The molecule has 0 aliphatic carbocycles. The highest BCUT2D eigenvalue weighted by molar-refractivity contribution is 8.00. The summed E-state index contributed by atoms with van der Waals surface area (Å²) in [7, 11) is 0. The average Bonchev–Trinajstić information content (AvgIpc) is 3.37. The third-order valence-electron chi connectivity index (χ3n) is 6.02. The van der Waals surface area contributed by atoms with E-state index in [9.17, 15) is 24.3 Å². The number of carbonyl (C=O) groups is 4. The van der Waals surface area contributed by atoms with Crippen molar-refractivity contribution >= 4 is 57.8 Å². The molecule has 3 amide bonds. The molecular formula is C24H28N8O6S2. The standard InChI is InChI=1S/C24H28N8O6S2/c1-3-5-8-26-19(33)13-6-9-31(10-7-13)11-14-12-39-22-16(21(35)32(22)17(14)23(36)37)27-20(34)15(29-38-4-2)18-28-24(25)40-30-18/h6-7,9-10,16,22H,3-5,8,11-12H2,1-2H3,(H4-,25,26,27,28,30,33,34,36,37)/t16?,22-/m1/s1.